The maximum Gasteiger partial charge on any atom is 0.321 e. The van der Waals surface area contributed by atoms with E-state index >= 15 is 0 Å². The molecule has 1 atom stereocenters. The molecular weight excluding hydrogens is 214 g/mol. The van der Waals surface area contributed by atoms with E-state index in [1.807, 2.05) is 18.2 Å². The van der Waals surface area contributed by atoms with Crippen LogP contribution in [0.15, 0.2) is 24.3 Å². The fourth-order valence-corrected chi connectivity index (χ4v) is 1.85. The monoisotopic (exact) mass is 227 g/mol. The zero-order valence-corrected chi connectivity index (χ0v) is 9.09. The van der Waals surface area contributed by atoms with Gasteiger partial charge in [0.25, 0.3) is 0 Å². The Morgan fingerprint density at radius 2 is 2.00 bits per heavy atom. The highest BCUT2D eigenvalue weighted by atomic mass is 35.5. The number of benzene rings is 1. The number of rotatable bonds is 1. The molecule has 2 rings (SSSR count). The van der Waals surface area contributed by atoms with Crippen LogP contribution in [-0.2, 0) is 17.6 Å². The topological polar surface area (TPSA) is 49.3 Å². The quantitative estimate of drug-likeness (QED) is 0.759. The third-order valence-electron chi connectivity index (χ3n) is 2.63. The van der Waals surface area contributed by atoms with Crippen molar-refractivity contribution >= 4 is 18.4 Å². The highest BCUT2D eigenvalue weighted by molar-refractivity contribution is 5.85. The second-order valence-corrected chi connectivity index (χ2v) is 3.57. The first-order chi connectivity index (χ1) is 6.77. The van der Waals surface area contributed by atoms with Crippen molar-refractivity contribution in [3.05, 3.63) is 35.4 Å². The van der Waals surface area contributed by atoms with Crippen molar-refractivity contribution in [1.29, 1.82) is 0 Å². The molecule has 3 nitrogen and oxygen atoms in total. The molecule has 4 heteroatoms. The van der Waals surface area contributed by atoms with Gasteiger partial charge in [-0.1, -0.05) is 24.3 Å². The van der Waals surface area contributed by atoms with Crippen LogP contribution in [0.25, 0.3) is 0 Å². The van der Waals surface area contributed by atoms with Crippen LogP contribution in [-0.4, -0.2) is 23.7 Å². The SMILES string of the molecule is Cl.O=C(O)C1Cc2ccccc2CCN1. The first-order valence-electron chi connectivity index (χ1n) is 4.80. The van der Waals surface area contributed by atoms with Crippen LogP contribution in [0.1, 0.15) is 11.1 Å². The van der Waals surface area contributed by atoms with Crippen molar-refractivity contribution < 1.29 is 9.90 Å². The highest BCUT2D eigenvalue weighted by Gasteiger charge is 2.20. The van der Waals surface area contributed by atoms with Gasteiger partial charge in [-0.3, -0.25) is 4.79 Å². The van der Waals surface area contributed by atoms with Gasteiger partial charge in [0.15, 0.2) is 0 Å². The Labute approximate surface area is 94.9 Å². The normalized spacial score (nSPS) is 19.6. The largest absolute Gasteiger partial charge is 0.480 e. The lowest BCUT2D eigenvalue weighted by molar-refractivity contribution is -0.139. The number of fused-ring (bicyclic) bond motifs is 1. The number of aliphatic carboxylic acids is 1. The van der Waals surface area contributed by atoms with E-state index in [0.29, 0.717) is 6.42 Å². The molecule has 82 valence electrons. The second kappa shape index (κ2) is 5.14. The number of hydrogen-bond donors (Lipinski definition) is 2. The van der Waals surface area contributed by atoms with E-state index in [1.165, 1.54) is 5.56 Å². The van der Waals surface area contributed by atoms with E-state index in [1.54, 1.807) is 0 Å². The molecule has 0 bridgehead atoms. The zero-order chi connectivity index (χ0) is 9.97. The van der Waals surface area contributed by atoms with Crippen LogP contribution in [0, 0.1) is 0 Å². The zero-order valence-electron chi connectivity index (χ0n) is 8.27. The minimum absolute atomic E-state index is 0. The molecule has 1 aromatic rings. The molecule has 0 aromatic heterocycles. The number of hydrogen-bond acceptors (Lipinski definition) is 2. The third kappa shape index (κ3) is 2.70. The average Bonchev–Trinajstić information content (AvgIpc) is 2.39. The number of nitrogens with one attached hydrogen (secondary N) is 1. The van der Waals surface area contributed by atoms with E-state index in [4.69, 9.17) is 5.11 Å². The summed E-state index contributed by atoms with van der Waals surface area (Å²) in [4.78, 5) is 10.9. The fourth-order valence-electron chi connectivity index (χ4n) is 1.85. The van der Waals surface area contributed by atoms with Crippen molar-refractivity contribution in [3.8, 4) is 0 Å². The summed E-state index contributed by atoms with van der Waals surface area (Å²) < 4.78 is 0. The summed E-state index contributed by atoms with van der Waals surface area (Å²) >= 11 is 0. The van der Waals surface area contributed by atoms with Gasteiger partial charge in [0.05, 0.1) is 0 Å². The Morgan fingerprint density at radius 1 is 1.33 bits per heavy atom. The summed E-state index contributed by atoms with van der Waals surface area (Å²) in [6, 6.07) is 7.61. The van der Waals surface area contributed by atoms with E-state index in [2.05, 4.69) is 11.4 Å². The Morgan fingerprint density at radius 3 is 2.67 bits per heavy atom. The molecule has 1 aliphatic heterocycles. The number of carboxylic acids is 1. The third-order valence-corrected chi connectivity index (χ3v) is 2.63. The summed E-state index contributed by atoms with van der Waals surface area (Å²) in [6.45, 7) is 0.744. The van der Waals surface area contributed by atoms with E-state index in [0.717, 1.165) is 18.5 Å². The summed E-state index contributed by atoms with van der Waals surface area (Å²) in [5.74, 6) is -0.762. The van der Waals surface area contributed by atoms with Crippen molar-refractivity contribution in [3.63, 3.8) is 0 Å². The van der Waals surface area contributed by atoms with E-state index in [9.17, 15) is 4.79 Å². The number of halogens is 1. The molecule has 0 spiro atoms. The average molecular weight is 228 g/mol. The second-order valence-electron chi connectivity index (χ2n) is 3.57. The minimum Gasteiger partial charge on any atom is -0.480 e. The molecule has 0 amide bonds. The molecule has 0 fully saturated rings. The van der Waals surface area contributed by atoms with Crippen molar-refractivity contribution in [2.75, 3.05) is 6.54 Å². The lowest BCUT2D eigenvalue weighted by atomic mass is 10.0. The Hall–Kier alpha value is -1.06. The Kier molecular flexibility index (Phi) is 4.12. The van der Waals surface area contributed by atoms with Crippen LogP contribution in [0.3, 0.4) is 0 Å². The molecule has 1 unspecified atom stereocenters. The van der Waals surface area contributed by atoms with Gasteiger partial charge in [0.1, 0.15) is 6.04 Å². The standard InChI is InChI=1S/C11H13NO2.ClH/c13-11(14)10-7-9-4-2-1-3-8(9)5-6-12-10;/h1-4,10,12H,5-7H2,(H,13,14);1H. The van der Waals surface area contributed by atoms with Gasteiger partial charge in [-0.15, -0.1) is 12.4 Å². The maximum atomic E-state index is 10.9. The molecule has 15 heavy (non-hydrogen) atoms. The van der Waals surface area contributed by atoms with Crippen LogP contribution in [0.4, 0.5) is 0 Å². The van der Waals surface area contributed by atoms with Gasteiger partial charge >= 0.3 is 5.97 Å². The van der Waals surface area contributed by atoms with Crippen LogP contribution in [0.5, 0.6) is 0 Å². The summed E-state index contributed by atoms with van der Waals surface area (Å²) in [5.41, 5.74) is 2.42. The van der Waals surface area contributed by atoms with Crippen molar-refractivity contribution in [2.45, 2.75) is 18.9 Å². The fraction of sp³-hybridized carbons (Fsp3) is 0.364. The molecule has 1 heterocycles. The van der Waals surface area contributed by atoms with Crippen molar-refractivity contribution in [1.82, 2.24) is 5.32 Å². The smallest absolute Gasteiger partial charge is 0.321 e. The summed E-state index contributed by atoms with van der Waals surface area (Å²) in [6.07, 6.45) is 1.51. The summed E-state index contributed by atoms with van der Waals surface area (Å²) in [7, 11) is 0. The predicted octanol–water partition coefficient (Wildman–Crippen LogP) is 1.25. The predicted molar refractivity (Wildman–Crippen MR) is 60.5 cm³/mol. The van der Waals surface area contributed by atoms with Gasteiger partial charge in [0.2, 0.25) is 0 Å². The summed E-state index contributed by atoms with van der Waals surface area (Å²) in [5, 5.41) is 12.0. The van der Waals surface area contributed by atoms with Crippen LogP contribution < -0.4 is 5.32 Å². The number of carboxylic acid groups (broad SMARTS) is 1. The molecule has 0 saturated carbocycles. The lowest BCUT2D eigenvalue weighted by Crippen LogP contribution is -2.37. The van der Waals surface area contributed by atoms with Gasteiger partial charge in [-0.2, -0.15) is 0 Å². The first-order valence-corrected chi connectivity index (χ1v) is 4.80. The van der Waals surface area contributed by atoms with Crippen LogP contribution >= 0.6 is 12.4 Å². The van der Waals surface area contributed by atoms with Gasteiger partial charge in [-0.05, 0) is 30.5 Å². The van der Waals surface area contributed by atoms with E-state index in [-0.39, 0.29) is 12.4 Å². The minimum atomic E-state index is -0.762. The number of carbonyl (C=O) groups is 1. The molecule has 0 saturated heterocycles. The van der Waals surface area contributed by atoms with Gasteiger partial charge in [0, 0.05) is 0 Å². The van der Waals surface area contributed by atoms with Crippen molar-refractivity contribution in [2.24, 2.45) is 0 Å². The molecule has 2 N–H and O–H groups in total. The van der Waals surface area contributed by atoms with Crippen LogP contribution in [0.2, 0.25) is 0 Å². The molecule has 0 aliphatic carbocycles. The van der Waals surface area contributed by atoms with Gasteiger partial charge < -0.3 is 10.4 Å². The maximum absolute atomic E-state index is 10.9. The lowest BCUT2D eigenvalue weighted by Gasteiger charge is -2.10. The Balaban J connectivity index is 0.00000112. The molecule has 1 aliphatic rings. The molecule has 0 radical (unpaired) electrons. The highest BCUT2D eigenvalue weighted by Crippen LogP contribution is 2.14. The first kappa shape index (κ1) is 12.0. The van der Waals surface area contributed by atoms with Gasteiger partial charge in [-0.25, -0.2) is 0 Å². The van der Waals surface area contributed by atoms with E-state index < -0.39 is 12.0 Å². The molecular formula is C11H14ClNO2. The molecule has 1 aromatic carbocycles. The Bertz CT molecular complexity index is 354.